The van der Waals surface area contributed by atoms with Gasteiger partial charge in [-0.3, -0.25) is 0 Å². The number of benzene rings is 1. The van der Waals surface area contributed by atoms with Crippen LogP contribution in [-0.2, 0) is 12.8 Å². The highest BCUT2D eigenvalue weighted by Gasteiger charge is 2.04. The minimum absolute atomic E-state index is 0.591. The molecule has 1 heterocycles. The zero-order chi connectivity index (χ0) is 23.6. The molecule has 0 fully saturated rings. The van der Waals surface area contributed by atoms with Crippen molar-refractivity contribution in [3.05, 3.63) is 47.8 Å². The minimum atomic E-state index is -0.591. The monoisotopic (exact) mass is 454 g/mol. The fourth-order valence-corrected chi connectivity index (χ4v) is 4.35. The number of unbranched alkanes of at least 4 members (excludes halogenated alkanes) is 11. The van der Waals surface area contributed by atoms with Gasteiger partial charge < -0.3 is 0 Å². The molecule has 0 aliphatic heterocycles. The second kappa shape index (κ2) is 17.7. The second-order valence-electron chi connectivity index (χ2n) is 9.65. The van der Waals surface area contributed by atoms with Gasteiger partial charge in [0, 0.05) is 18.0 Å². The van der Waals surface area contributed by atoms with Gasteiger partial charge in [0.05, 0.1) is 6.17 Å². The van der Waals surface area contributed by atoms with Gasteiger partial charge in [0.1, 0.15) is 0 Å². The van der Waals surface area contributed by atoms with E-state index in [9.17, 15) is 4.39 Å². The predicted molar refractivity (Wildman–Crippen MR) is 140 cm³/mol. The van der Waals surface area contributed by atoms with Gasteiger partial charge in [-0.15, -0.1) is 0 Å². The summed E-state index contributed by atoms with van der Waals surface area (Å²) in [5.74, 6) is 0.823. The minimum Gasteiger partial charge on any atom is -0.248 e. The molecule has 0 saturated heterocycles. The molecule has 0 aliphatic carbocycles. The molecule has 0 aliphatic rings. The lowest BCUT2D eigenvalue weighted by atomic mass is 10.0. The Kier molecular flexibility index (Phi) is 14.7. The SMILES string of the molecule is CCCCCCCCCc1cnc(-c2ccc(CCCCCCCCC(F)CC)cc2)nc1. The first-order chi connectivity index (χ1) is 16.2. The van der Waals surface area contributed by atoms with Crippen LogP contribution >= 0.6 is 0 Å². The Morgan fingerprint density at radius 3 is 1.73 bits per heavy atom. The fraction of sp³-hybridized carbons (Fsp3) is 0.667. The van der Waals surface area contributed by atoms with E-state index in [4.69, 9.17) is 0 Å². The maximum absolute atomic E-state index is 13.2. The van der Waals surface area contributed by atoms with Crippen LogP contribution in [0.15, 0.2) is 36.7 Å². The maximum Gasteiger partial charge on any atom is 0.159 e. The van der Waals surface area contributed by atoms with Crippen LogP contribution in [0.4, 0.5) is 4.39 Å². The molecule has 184 valence electrons. The standard InChI is InChI=1S/C30H47FN2/c1-3-5-6-7-8-12-15-18-27-24-32-30(33-25-27)28-22-20-26(21-23-28)17-14-11-9-10-13-16-19-29(31)4-2/h20-25,29H,3-19H2,1-2H3. The molecule has 0 amide bonds. The summed E-state index contributed by atoms with van der Waals surface area (Å²) in [6, 6.07) is 8.75. The average molecular weight is 455 g/mol. The highest BCUT2D eigenvalue weighted by atomic mass is 19.1. The molecule has 1 atom stereocenters. The van der Waals surface area contributed by atoms with E-state index in [0.29, 0.717) is 6.42 Å². The molecule has 0 N–H and O–H groups in total. The summed E-state index contributed by atoms with van der Waals surface area (Å²) in [5, 5.41) is 0. The normalized spacial score (nSPS) is 12.2. The Morgan fingerprint density at radius 2 is 1.15 bits per heavy atom. The molecule has 1 aromatic carbocycles. The van der Waals surface area contributed by atoms with Crippen LogP contribution in [0.2, 0.25) is 0 Å². The molecule has 3 heteroatoms. The lowest BCUT2D eigenvalue weighted by Gasteiger charge is -2.06. The predicted octanol–water partition coefficient (Wildman–Crippen LogP) is 9.46. The van der Waals surface area contributed by atoms with E-state index in [-0.39, 0.29) is 0 Å². The van der Waals surface area contributed by atoms with Gasteiger partial charge in [-0.25, -0.2) is 14.4 Å². The van der Waals surface area contributed by atoms with Crippen LogP contribution in [0.5, 0.6) is 0 Å². The van der Waals surface area contributed by atoms with Crippen LogP contribution < -0.4 is 0 Å². The maximum atomic E-state index is 13.2. The average Bonchev–Trinajstić information content (AvgIpc) is 2.85. The Balaban J connectivity index is 1.60. The van der Waals surface area contributed by atoms with Gasteiger partial charge in [-0.05, 0) is 49.7 Å². The molecule has 2 aromatic rings. The highest BCUT2D eigenvalue weighted by molar-refractivity contribution is 5.55. The van der Waals surface area contributed by atoms with Gasteiger partial charge in [-0.2, -0.15) is 0 Å². The van der Waals surface area contributed by atoms with Crippen molar-refractivity contribution in [1.82, 2.24) is 9.97 Å². The lowest BCUT2D eigenvalue weighted by Crippen LogP contribution is -1.96. The van der Waals surface area contributed by atoms with E-state index in [1.54, 1.807) is 0 Å². The van der Waals surface area contributed by atoms with Crippen molar-refractivity contribution in [2.24, 2.45) is 0 Å². The third kappa shape index (κ3) is 12.3. The van der Waals surface area contributed by atoms with Gasteiger partial charge in [0.2, 0.25) is 0 Å². The molecule has 33 heavy (non-hydrogen) atoms. The summed E-state index contributed by atoms with van der Waals surface area (Å²) in [7, 11) is 0. The number of aromatic nitrogens is 2. The number of nitrogens with zero attached hydrogens (tertiary/aromatic N) is 2. The summed E-state index contributed by atoms with van der Waals surface area (Å²) in [4.78, 5) is 9.22. The lowest BCUT2D eigenvalue weighted by molar-refractivity contribution is 0.296. The first-order valence-corrected chi connectivity index (χ1v) is 13.8. The number of halogens is 1. The van der Waals surface area contributed by atoms with Gasteiger partial charge >= 0.3 is 0 Å². The van der Waals surface area contributed by atoms with E-state index in [0.717, 1.165) is 37.1 Å². The number of hydrogen-bond donors (Lipinski definition) is 0. The Labute approximate surface area is 202 Å². The van der Waals surface area contributed by atoms with Crippen LogP contribution in [-0.4, -0.2) is 16.1 Å². The third-order valence-corrected chi connectivity index (χ3v) is 6.66. The summed E-state index contributed by atoms with van der Waals surface area (Å²) in [6.07, 6.45) is 23.6. The highest BCUT2D eigenvalue weighted by Crippen LogP contribution is 2.18. The molecule has 0 radical (unpaired) electrons. The summed E-state index contributed by atoms with van der Waals surface area (Å²) < 4.78 is 13.2. The van der Waals surface area contributed by atoms with Crippen molar-refractivity contribution < 1.29 is 4.39 Å². The molecule has 1 unspecified atom stereocenters. The first kappa shape index (κ1) is 27.5. The van der Waals surface area contributed by atoms with Crippen molar-refractivity contribution in [2.45, 2.75) is 129 Å². The molecule has 1 aromatic heterocycles. The van der Waals surface area contributed by atoms with E-state index in [2.05, 4.69) is 41.2 Å². The summed E-state index contributed by atoms with van der Waals surface area (Å²) >= 11 is 0. The zero-order valence-corrected chi connectivity index (χ0v) is 21.3. The van der Waals surface area contributed by atoms with E-state index in [1.165, 1.54) is 88.2 Å². The second-order valence-corrected chi connectivity index (χ2v) is 9.65. The van der Waals surface area contributed by atoms with Gasteiger partial charge in [0.25, 0.3) is 0 Å². The zero-order valence-electron chi connectivity index (χ0n) is 21.3. The largest absolute Gasteiger partial charge is 0.248 e. The van der Waals surface area contributed by atoms with Crippen molar-refractivity contribution in [3.8, 4) is 11.4 Å². The number of alkyl halides is 1. The van der Waals surface area contributed by atoms with Gasteiger partial charge in [-0.1, -0.05) is 109 Å². The van der Waals surface area contributed by atoms with Crippen molar-refractivity contribution in [1.29, 1.82) is 0 Å². The first-order valence-electron chi connectivity index (χ1n) is 13.8. The number of hydrogen-bond acceptors (Lipinski definition) is 2. The topological polar surface area (TPSA) is 25.8 Å². The molecule has 0 spiro atoms. The van der Waals surface area contributed by atoms with Crippen LogP contribution in [0.25, 0.3) is 11.4 Å². The molecule has 0 bridgehead atoms. The summed E-state index contributed by atoms with van der Waals surface area (Å²) in [5.41, 5.74) is 3.73. The molecule has 2 rings (SSSR count). The molecule has 2 nitrogen and oxygen atoms in total. The van der Waals surface area contributed by atoms with Crippen LogP contribution in [0.3, 0.4) is 0 Å². The Hall–Kier alpha value is -1.77. The Bertz CT molecular complexity index is 711. The third-order valence-electron chi connectivity index (χ3n) is 6.66. The molecular weight excluding hydrogens is 407 g/mol. The van der Waals surface area contributed by atoms with Crippen LogP contribution in [0, 0.1) is 0 Å². The van der Waals surface area contributed by atoms with E-state index in [1.807, 2.05) is 19.3 Å². The fourth-order valence-electron chi connectivity index (χ4n) is 4.35. The van der Waals surface area contributed by atoms with Crippen molar-refractivity contribution >= 4 is 0 Å². The Morgan fingerprint density at radius 1 is 0.636 bits per heavy atom. The summed E-state index contributed by atoms with van der Waals surface area (Å²) in [6.45, 7) is 4.20. The van der Waals surface area contributed by atoms with E-state index < -0.39 is 6.17 Å². The molecule has 0 saturated carbocycles. The number of rotatable bonds is 19. The van der Waals surface area contributed by atoms with Crippen molar-refractivity contribution in [3.63, 3.8) is 0 Å². The molecular formula is C30H47FN2. The van der Waals surface area contributed by atoms with E-state index >= 15 is 0 Å². The van der Waals surface area contributed by atoms with Crippen molar-refractivity contribution in [2.75, 3.05) is 0 Å². The van der Waals surface area contributed by atoms with Crippen LogP contribution in [0.1, 0.15) is 121 Å². The van der Waals surface area contributed by atoms with Gasteiger partial charge in [0.15, 0.2) is 5.82 Å². The quantitative estimate of drug-likeness (QED) is 0.197. The number of aryl methyl sites for hydroxylation is 2. The smallest absolute Gasteiger partial charge is 0.159 e.